The van der Waals surface area contributed by atoms with Crippen LogP contribution in [0.15, 0.2) is 36.4 Å². The van der Waals surface area contributed by atoms with Gasteiger partial charge < -0.3 is 19.6 Å². The number of carbonyl (C=O) groups excluding carboxylic acids is 3. The lowest BCUT2D eigenvalue weighted by Gasteiger charge is -2.17. The average molecular weight is 493 g/mol. The Balaban J connectivity index is 1.91. The highest BCUT2D eigenvalue weighted by Gasteiger charge is 2.25. The van der Waals surface area contributed by atoms with Gasteiger partial charge in [0.2, 0.25) is 5.91 Å². The van der Waals surface area contributed by atoms with Gasteiger partial charge in [0.05, 0.1) is 26.2 Å². The van der Waals surface area contributed by atoms with Crippen molar-refractivity contribution in [1.29, 1.82) is 0 Å². The van der Waals surface area contributed by atoms with Crippen molar-refractivity contribution in [2.75, 3.05) is 26.1 Å². The monoisotopic (exact) mass is 492 g/mol. The van der Waals surface area contributed by atoms with Crippen LogP contribution in [0.5, 0.6) is 5.75 Å². The zero-order chi connectivity index (χ0) is 25.1. The maximum absolute atomic E-state index is 12.8. The Hall–Kier alpha value is -3.34. The van der Waals surface area contributed by atoms with Crippen molar-refractivity contribution >= 4 is 39.5 Å². The zero-order valence-corrected chi connectivity index (χ0v) is 20.1. The quantitative estimate of drug-likeness (QED) is 0.193. The molecule has 0 aliphatic rings. The number of thioether (sulfide) groups is 1. The number of rotatable bonds is 13. The number of hydrogen-bond acceptors (Lipinski definition) is 9. The van der Waals surface area contributed by atoms with E-state index >= 15 is 0 Å². The van der Waals surface area contributed by atoms with Crippen LogP contribution in [0.3, 0.4) is 0 Å². The minimum atomic E-state index is -0.988. The van der Waals surface area contributed by atoms with Crippen molar-refractivity contribution in [2.45, 2.75) is 38.6 Å². The molecule has 2 aromatic rings. The SMILES string of the molecule is COc1ccc2cc(C(C)C(=O)SCC(NC(C)=O)C(=O)OCCCCO[N+](=O)[O-])ccc2c1. The smallest absolute Gasteiger partial charge is 0.329 e. The second-order valence-corrected chi connectivity index (χ2v) is 8.53. The van der Waals surface area contributed by atoms with E-state index in [-0.39, 0.29) is 24.1 Å². The molecule has 0 fully saturated rings. The maximum Gasteiger partial charge on any atom is 0.329 e. The summed E-state index contributed by atoms with van der Waals surface area (Å²) in [5, 5.41) is 13.5. The van der Waals surface area contributed by atoms with Gasteiger partial charge in [0.1, 0.15) is 11.8 Å². The molecule has 0 saturated carbocycles. The molecule has 0 aromatic heterocycles. The predicted octanol–water partition coefficient (Wildman–Crippen LogP) is 3.25. The summed E-state index contributed by atoms with van der Waals surface area (Å²) in [6.45, 7) is 2.99. The standard InChI is InChI=1S/C23H28N2O8S/c1-15(17-6-7-19-13-20(31-3)9-8-18(19)12-17)23(28)34-14-21(24-16(2)26)22(27)32-10-4-5-11-33-25(29)30/h6-9,12-13,15,21H,4-5,10-11,14H2,1-3H3,(H,24,26). The molecule has 0 radical (unpaired) electrons. The van der Waals surface area contributed by atoms with Gasteiger partial charge in [-0.1, -0.05) is 43.0 Å². The number of hydrogen-bond donors (Lipinski definition) is 1. The van der Waals surface area contributed by atoms with Crippen molar-refractivity contribution < 1.29 is 33.8 Å². The van der Waals surface area contributed by atoms with Crippen LogP contribution >= 0.6 is 11.8 Å². The second kappa shape index (κ2) is 13.4. The molecule has 0 bridgehead atoms. The van der Waals surface area contributed by atoms with E-state index < -0.39 is 28.9 Å². The number of fused-ring (bicyclic) bond motifs is 1. The molecule has 2 atom stereocenters. The molecule has 184 valence electrons. The van der Waals surface area contributed by atoms with Crippen LogP contribution < -0.4 is 10.1 Å². The van der Waals surface area contributed by atoms with Gasteiger partial charge in [-0.2, -0.15) is 0 Å². The fourth-order valence-electron chi connectivity index (χ4n) is 3.10. The number of benzene rings is 2. The topological polar surface area (TPSA) is 134 Å². The molecule has 0 spiro atoms. The third-order valence-electron chi connectivity index (χ3n) is 4.96. The predicted molar refractivity (Wildman–Crippen MR) is 127 cm³/mol. The summed E-state index contributed by atoms with van der Waals surface area (Å²) in [5.41, 5.74) is 0.839. The first-order chi connectivity index (χ1) is 16.2. The van der Waals surface area contributed by atoms with E-state index in [1.54, 1.807) is 14.0 Å². The van der Waals surface area contributed by atoms with Gasteiger partial charge in [0.15, 0.2) is 5.12 Å². The molecule has 34 heavy (non-hydrogen) atoms. The van der Waals surface area contributed by atoms with Gasteiger partial charge >= 0.3 is 5.97 Å². The Morgan fingerprint density at radius 3 is 2.44 bits per heavy atom. The number of esters is 1. The third-order valence-corrected chi connectivity index (χ3v) is 6.10. The largest absolute Gasteiger partial charge is 0.497 e. The highest BCUT2D eigenvalue weighted by Crippen LogP contribution is 2.28. The summed E-state index contributed by atoms with van der Waals surface area (Å²) in [7, 11) is 1.60. The lowest BCUT2D eigenvalue weighted by molar-refractivity contribution is -0.757. The molecule has 0 aliphatic heterocycles. The van der Waals surface area contributed by atoms with E-state index in [1.165, 1.54) is 6.92 Å². The number of methoxy groups -OCH3 is 1. The maximum atomic E-state index is 12.8. The van der Waals surface area contributed by atoms with Crippen LogP contribution in [0, 0.1) is 10.1 Å². The molecule has 2 aromatic carbocycles. The molecule has 11 heteroatoms. The van der Waals surface area contributed by atoms with Crippen molar-refractivity contribution in [2.24, 2.45) is 0 Å². The van der Waals surface area contributed by atoms with Crippen LogP contribution in [0.4, 0.5) is 0 Å². The van der Waals surface area contributed by atoms with Crippen molar-refractivity contribution in [3.05, 3.63) is 52.1 Å². The highest BCUT2D eigenvalue weighted by atomic mass is 32.2. The molecule has 0 heterocycles. The van der Waals surface area contributed by atoms with E-state index in [9.17, 15) is 24.5 Å². The van der Waals surface area contributed by atoms with Gasteiger partial charge in [0, 0.05) is 12.7 Å². The van der Waals surface area contributed by atoms with Crippen LogP contribution in [0.2, 0.25) is 0 Å². The molecule has 10 nitrogen and oxygen atoms in total. The Morgan fingerprint density at radius 1 is 1.09 bits per heavy atom. The van der Waals surface area contributed by atoms with E-state index in [4.69, 9.17) is 9.47 Å². The summed E-state index contributed by atoms with van der Waals surface area (Å²) in [6.07, 6.45) is 0.700. The Labute approximate surface area is 201 Å². The van der Waals surface area contributed by atoms with Crippen molar-refractivity contribution in [3.8, 4) is 5.75 Å². The highest BCUT2D eigenvalue weighted by molar-refractivity contribution is 8.13. The second-order valence-electron chi connectivity index (χ2n) is 7.51. The molecular weight excluding hydrogens is 464 g/mol. The number of ether oxygens (including phenoxy) is 2. The number of carbonyl (C=O) groups is 3. The lowest BCUT2D eigenvalue weighted by atomic mass is 9.99. The molecule has 0 aliphatic carbocycles. The number of unbranched alkanes of at least 4 members (excludes halogenated alkanes) is 1. The average Bonchev–Trinajstić information content (AvgIpc) is 2.81. The van der Waals surface area contributed by atoms with E-state index in [2.05, 4.69) is 10.2 Å². The van der Waals surface area contributed by atoms with Crippen LogP contribution in [0.1, 0.15) is 38.2 Å². The fraction of sp³-hybridized carbons (Fsp3) is 0.435. The summed E-state index contributed by atoms with van der Waals surface area (Å²) < 4.78 is 10.4. The summed E-state index contributed by atoms with van der Waals surface area (Å²) in [4.78, 5) is 50.9. The van der Waals surface area contributed by atoms with Gasteiger partial charge in [-0.05, 0) is 41.3 Å². The summed E-state index contributed by atoms with van der Waals surface area (Å²) in [5.74, 6) is -0.741. The normalized spacial score (nSPS) is 12.4. The molecular formula is C23H28N2O8S. The van der Waals surface area contributed by atoms with Crippen LogP contribution in [0.25, 0.3) is 10.8 Å². The van der Waals surface area contributed by atoms with E-state index in [0.717, 1.165) is 33.8 Å². The number of amides is 1. The van der Waals surface area contributed by atoms with Gasteiger partial charge in [-0.25, -0.2) is 4.79 Å². The third kappa shape index (κ3) is 8.54. The van der Waals surface area contributed by atoms with Crippen LogP contribution in [-0.4, -0.2) is 54.2 Å². The van der Waals surface area contributed by atoms with Crippen molar-refractivity contribution in [1.82, 2.24) is 5.32 Å². The number of nitrogens with zero attached hydrogens (tertiary/aromatic N) is 1. The van der Waals surface area contributed by atoms with Crippen LogP contribution in [-0.2, 0) is 24.0 Å². The first kappa shape index (κ1) is 26.9. The molecule has 2 unspecified atom stereocenters. The molecule has 2 rings (SSSR count). The molecule has 1 amide bonds. The van der Waals surface area contributed by atoms with Gasteiger partial charge in [-0.15, -0.1) is 10.1 Å². The Bertz CT molecular complexity index is 1030. The zero-order valence-electron chi connectivity index (χ0n) is 19.3. The Kier molecular flexibility index (Phi) is 10.6. The first-order valence-electron chi connectivity index (χ1n) is 10.7. The lowest BCUT2D eigenvalue weighted by Crippen LogP contribution is -2.43. The van der Waals surface area contributed by atoms with Crippen molar-refractivity contribution in [3.63, 3.8) is 0 Å². The van der Waals surface area contributed by atoms with Gasteiger partial charge in [0.25, 0.3) is 5.09 Å². The first-order valence-corrected chi connectivity index (χ1v) is 11.6. The Morgan fingerprint density at radius 2 is 1.76 bits per heavy atom. The minimum absolute atomic E-state index is 0.0207. The summed E-state index contributed by atoms with van der Waals surface area (Å²) >= 11 is 0.950. The van der Waals surface area contributed by atoms with E-state index in [1.807, 2.05) is 36.4 Å². The number of nitrogens with one attached hydrogen (secondary N) is 1. The minimum Gasteiger partial charge on any atom is -0.497 e. The van der Waals surface area contributed by atoms with E-state index in [0.29, 0.717) is 12.8 Å². The van der Waals surface area contributed by atoms with Gasteiger partial charge in [-0.3, -0.25) is 9.59 Å². The molecule has 0 saturated heterocycles. The summed E-state index contributed by atoms with van der Waals surface area (Å²) in [6, 6.07) is 10.5. The fourth-order valence-corrected chi connectivity index (χ4v) is 4.03. The molecule has 1 N–H and O–H groups in total.